The van der Waals surface area contributed by atoms with E-state index >= 15 is 0 Å². The van der Waals surface area contributed by atoms with Crippen LogP contribution in [0.1, 0.15) is 37.6 Å². The highest BCUT2D eigenvalue weighted by Gasteiger charge is 2.26. The van der Waals surface area contributed by atoms with Crippen LogP contribution in [-0.2, 0) is 19.6 Å². The van der Waals surface area contributed by atoms with Gasteiger partial charge in [0.15, 0.2) is 0 Å². The molecule has 0 spiro atoms. The molecule has 23 heavy (non-hydrogen) atoms. The van der Waals surface area contributed by atoms with Crippen molar-refractivity contribution in [3.8, 4) is 0 Å². The minimum atomic E-state index is -3.99. The lowest BCUT2D eigenvalue weighted by Crippen LogP contribution is -2.41. The molecule has 0 saturated carbocycles. The van der Waals surface area contributed by atoms with E-state index in [4.69, 9.17) is 9.84 Å². The zero-order valence-corrected chi connectivity index (χ0v) is 14.1. The van der Waals surface area contributed by atoms with Gasteiger partial charge < -0.3 is 9.84 Å². The van der Waals surface area contributed by atoms with Gasteiger partial charge in [0.25, 0.3) is 0 Å². The van der Waals surface area contributed by atoms with Crippen LogP contribution in [0.3, 0.4) is 0 Å². The van der Waals surface area contributed by atoms with E-state index in [1.807, 2.05) is 0 Å². The Balaban J connectivity index is 2.95. The van der Waals surface area contributed by atoms with E-state index in [2.05, 4.69) is 4.72 Å². The molecule has 0 fully saturated rings. The van der Waals surface area contributed by atoms with Crippen molar-refractivity contribution in [1.29, 1.82) is 0 Å². The minimum Gasteiger partial charge on any atom is -0.480 e. The lowest BCUT2D eigenvalue weighted by atomic mass is 10.1. The van der Waals surface area contributed by atoms with E-state index in [9.17, 15) is 18.0 Å². The Morgan fingerprint density at radius 2 is 1.78 bits per heavy atom. The fraction of sp³-hybridized carbons (Fsp3) is 0.467. The Kier molecular flexibility index (Phi) is 6.71. The van der Waals surface area contributed by atoms with Crippen molar-refractivity contribution in [3.63, 3.8) is 0 Å². The summed E-state index contributed by atoms with van der Waals surface area (Å²) in [4.78, 5) is 22.6. The summed E-state index contributed by atoms with van der Waals surface area (Å²) in [5, 5.41) is 9.12. The van der Waals surface area contributed by atoms with E-state index in [1.165, 1.54) is 24.3 Å². The number of carbonyl (C=O) groups excluding carboxylic acids is 1. The zero-order valence-electron chi connectivity index (χ0n) is 13.3. The number of carboxylic acids is 1. The van der Waals surface area contributed by atoms with Crippen LogP contribution in [0.25, 0.3) is 0 Å². The second kappa shape index (κ2) is 8.07. The normalized spacial score (nSPS) is 12.9. The molecule has 0 bridgehead atoms. The quantitative estimate of drug-likeness (QED) is 0.694. The van der Waals surface area contributed by atoms with Crippen LogP contribution in [0.15, 0.2) is 29.2 Å². The molecule has 1 aromatic rings. The molecule has 0 radical (unpaired) electrons. The Hall–Kier alpha value is -1.93. The van der Waals surface area contributed by atoms with Crippen LogP contribution in [0.5, 0.6) is 0 Å². The summed E-state index contributed by atoms with van der Waals surface area (Å²) in [6.07, 6.45) is 0.176. The molecule has 1 atom stereocenters. The van der Waals surface area contributed by atoms with E-state index < -0.39 is 28.0 Å². The molecular formula is C15H21NO6S. The van der Waals surface area contributed by atoms with Gasteiger partial charge in [-0.1, -0.05) is 13.8 Å². The second-order valence-corrected chi connectivity index (χ2v) is 7.10. The largest absolute Gasteiger partial charge is 0.480 e. The molecular weight excluding hydrogens is 322 g/mol. The van der Waals surface area contributed by atoms with Crippen LogP contribution in [-0.4, -0.2) is 38.1 Å². The summed E-state index contributed by atoms with van der Waals surface area (Å²) in [7, 11) is -3.99. The van der Waals surface area contributed by atoms with Crippen LogP contribution in [0, 0.1) is 5.92 Å². The maximum absolute atomic E-state index is 12.2. The summed E-state index contributed by atoms with van der Waals surface area (Å²) in [6, 6.07) is 3.92. The number of benzene rings is 1. The average Bonchev–Trinajstić information content (AvgIpc) is 2.46. The van der Waals surface area contributed by atoms with E-state index in [1.54, 1.807) is 20.8 Å². The second-order valence-electron chi connectivity index (χ2n) is 5.39. The molecule has 0 heterocycles. The van der Waals surface area contributed by atoms with Crippen LogP contribution >= 0.6 is 0 Å². The number of sulfonamides is 1. The van der Waals surface area contributed by atoms with Crippen molar-refractivity contribution in [1.82, 2.24) is 4.72 Å². The van der Waals surface area contributed by atoms with Crippen molar-refractivity contribution in [3.05, 3.63) is 29.8 Å². The molecule has 0 aliphatic heterocycles. The first-order valence-electron chi connectivity index (χ1n) is 7.19. The van der Waals surface area contributed by atoms with Crippen molar-refractivity contribution >= 4 is 22.0 Å². The van der Waals surface area contributed by atoms with Crippen molar-refractivity contribution in [2.24, 2.45) is 5.92 Å². The SMILES string of the molecule is CCOC(=O)c1ccc(S(=O)(=O)NC(CC(C)C)C(=O)O)cc1. The molecule has 1 unspecified atom stereocenters. The number of hydrogen-bond acceptors (Lipinski definition) is 5. The molecule has 7 nitrogen and oxygen atoms in total. The number of ether oxygens (including phenoxy) is 1. The molecule has 2 N–H and O–H groups in total. The first-order valence-corrected chi connectivity index (χ1v) is 8.68. The highest BCUT2D eigenvalue weighted by Crippen LogP contribution is 2.14. The van der Waals surface area contributed by atoms with Gasteiger partial charge >= 0.3 is 11.9 Å². The number of carboxylic acid groups (broad SMARTS) is 1. The summed E-state index contributed by atoms with van der Waals surface area (Å²) in [5.74, 6) is -1.76. The summed E-state index contributed by atoms with van der Waals surface area (Å²) in [5.41, 5.74) is 0.225. The van der Waals surface area contributed by atoms with Crippen LogP contribution in [0.2, 0.25) is 0 Å². The van der Waals surface area contributed by atoms with E-state index in [0.717, 1.165) is 0 Å². The third-order valence-corrected chi connectivity index (χ3v) is 4.47. The molecule has 0 aromatic heterocycles. The van der Waals surface area contributed by atoms with Gasteiger partial charge in [-0.25, -0.2) is 13.2 Å². The van der Waals surface area contributed by atoms with Crippen LogP contribution < -0.4 is 4.72 Å². The van der Waals surface area contributed by atoms with Gasteiger partial charge in [-0.2, -0.15) is 4.72 Å². The molecule has 1 rings (SSSR count). The molecule has 0 amide bonds. The number of nitrogens with one attached hydrogen (secondary N) is 1. The number of esters is 1. The molecule has 1 aromatic carbocycles. The van der Waals surface area contributed by atoms with Crippen LogP contribution in [0.4, 0.5) is 0 Å². The first kappa shape index (κ1) is 19.1. The van der Waals surface area contributed by atoms with Gasteiger partial charge in [0.05, 0.1) is 17.1 Å². The fourth-order valence-corrected chi connectivity index (χ4v) is 3.11. The zero-order chi connectivity index (χ0) is 17.6. The lowest BCUT2D eigenvalue weighted by molar-refractivity contribution is -0.139. The number of hydrogen-bond donors (Lipinski definition) is 2. The van der Waals surface area contributed by atoms with Gasteiger partial charge in [-0.15, -0.1) is 0 Å². The number of carbonyl (C=O) groups is 2. The maximum atomic E-state index is 12.2. The Morgan fingerprint density at radius 1 is 1.22 bits per heavy atom. The smallest absolute Gasteiger partial charge is 0.338 e. The van der Waals surface area contributed by atoms with Gasteiger partial charge in [-0.05, 0) is 43.5 Å². The highest BCUT2D eigenvalue weighted by atomic mass is 32.2. The van der Waals surface area contributed by atoms with Crippen molar-refractivity contribution in [2.45, 2.75) is 38.1 Å². The topological polar surface area (TPSA) is 110 Å². The van der Waals surface area contributed by atoms with E-state index in [-0.39, 0.29) is 29.4 Å². The standard InChI is InChI=1S/C15H21NO6S/c1-4-22-15(19)11-5-7-12(8-6-11)23(20,21)16-13(14(17)18)9-10(2)3/h5-8,10,13,16H,4,9H2,1-3H3,(H,17,18). The average molecular weight is 343 g/mol. The summed E-state index contributed by atoms with van der Waals surface area (Å²) >= 11 is 0. The predicted molar refractivity (Wildman–Crippen MR) is 83.6 cm³/mol. The summed E-state index contributed by atoms with van der Waals surface area (Å²) < 4.78 is 31.5. The molecule has 0 aliphatic carbocycles. The highest BCUT2D eigenvalue weighted by molar-refractivity contribution is 7.89. The monoisotopic (exact) mass is 343 g/mol. The lowest BCUT2D eigenvalue weighted by Gasteiger charge is -2.16. The predicted octanol–water partition coefficient (Wildman–Crippen LogP) is 1.64. The van der Waals surface area contributed by atoms with Gasteiger partial charge in [0.2, 0.25) is 10.0 Å². The molecule has 128 valence electrons. The molecule has 8 heteroatoms. The number of rotatable bonds is 8. The third-order valence-electron chi connectivity index (χ3n) is 2.98. The maximum Gasteiger partial charge on any atom is 0.338 e. The molecule has 0 saturated heterocycles. The Morgan fingerprint density at radius 3 is 2.22 bits per heavy atom. The van der Waals surface area contributed by atoms with Crippen molar-refractivity contribution in [2.75, 3.05) is 6.61 Å². The third kappa shape index (κ3) is 5.65. The van der Waals surface area contributed by atoms with Gasteiger partial charge in [0.1, 0.15) is 6.04 Å². The minimum absolute atomic E-state index is 0.0185. The van der Waals surface area contributed by atoms with Gasteiger partial charge in [0, 0.05) is 0 Å². The van der Waals surface area contributed by atoms with Crippen molar-refractivity contribution < 1.29 is 27.9 Å². The Bertz CT molecular complexity index is 651. The first-order chi connectivity index (χ1) is 10.7. The summed E-state index contributed by atoms with van der Waals surface area (Å²) in [6.45, 7) is 5.49. The number of aliphatic carboxylic acids is 1. The fourth-order valence-electron chi connectivity index (χ4n) is 1.91. The Labute approximate surface area is 135 Å². The van der Waals surface area contributed by atoms with E-state index in [0.29, 0.717) is 0 Å². The van der Waals surface area contributed by atoms with Gasteiger partial charge in [-0.3, -0.25) is 4.79 Å². The molecule has 0 aliphatic rings.